The highest BCUT2D eigenvalue weighted by atomic mass is 35.5. The topological polar surface area (TPSA) is 78.9 Å². The molecular formula is C27H32ClN5O. The molecule has 1 unspecified atom stereocenters. The van der Waals surface area contributed by atoms with Gasteiger partial charge in [-0.1, -0.05) is 73.3 Å². The molecule has 1 saturated carbocycles. The summed E-state index contributed by atoms with van der Waals surface area (Å²) in [5, 5.41) is 10.5. The van der Waals surface area contributed by atoms with E-state index in [0.717, 1.165) is 17.7 Å². The van der Waals surface area contributed by atoms with Gasteiger partial charge in [-0.05, 0) is 48.9 Å². The normalized spacial score (nSPS) is 14.9. The van der Waals surface area contributed by atoms with Crippen molar-refractivity contribution in [3.05, 3.63) is 82.5 Å². The minimum Gasteiger partial charge on any atom is -0.369 e. The van der Waals surface area contributed by atoms with Crippen molar-refractivity contribution in [2.75, 3.05) is 17.2 Å². The molecule has 0 spiro atoms. The van der Waals surface area contributed by atoms with Crippen LogP contribution in [0.2, 0.25) is 5.02 Å². The second kappa shape index (κ2) is 11.8. The Balaban J connectivity index is 1.48. The summed E-state index contributed by atoms with van der Waals surface area (Å²) in [4.78, 5) is 22.2. The van der Waals surface area contributed by atoms with Crippen LogP contribution < -0.4 is 16.0 Å². The molecule has 1 heterocycles. The molecule has 1 fully saturated rings. The second-order valence-electron chi connectivity index (χ2n) is 8.93. The number of benzene rings is 2. The lowest BCUT2D eigenvalue weighted by molar-refractivity contribution is 0.0940. The molecule has 2 aromatic carbocycles. The van der Waals surface area contributed by atoms with Crippen LogP contribution in [0.15, 0.2) is 60.8 Å². The molecule has 3 N–H and O–H groups in total. The van der Waals surface area contributed by atoms with Crippen LogP contribution in [0.3, 0.4) is 0 Å². The highest BCUT2D eigenvalue weighted by molar-refractivity contribution is 6.30. The number of hydrogen-bond donors (Lipinski definition) is 3. The Hall–Kier alpha value is -3.12. The molecule has 6 nitrogen and oxygen atoms in total. The van der Waals surface area contributed by atoms with Gasteiger partial charge in [0.1, 0.15) is 11.4 Å². The van der Waals surface area contributed by atoms with Gasteiger partial charge >= 0.3 is 0 Å². The molecule has 1 atom stereocenters. The number of nitrogens with zero attached hydrogens (tertiary/aromatic N) is 2. The summed E-state index contributed by atoms with van der Waals surface area (Å²) in [6, 6.07) is 17.4. The average Bonchev–Trinajstić information content (AvgIpc) is 2.88. The second-order valence-corrected chi connectivity index (χ2v) is 9.36. The predicted octanol–water partition coefficient (Wildman–Crippen LogP) is 6.23. The van der Waals surface area contributed by atoms with E-state index in [-0.39, 0.29) is 11.9 Å². The summed E-state index contributed by atoms with van der Waals surface area (Å²) in [5.41, 5.74) is 2.58. The van der Waals surface area contributed by atoms with E-state index in [0.29, 0.717) is 34.8 Å². The molecule has 34 heavy (non-hydrogen) atoms. The highest BCUT2D eigenvalue weighted by Gasteiger charge is 2.19. The summed E-state index contributed by atoms with van der Waals surface area (Å²) < 4.78 is 0. The van der Waals surface area contributed by atoms with Crippen molar-refractivity contribution in [2.45, 2.75) is 51.6 Å². The lowest BCUT2D eigenvalue weighted by Gasteiger charge is -2.23. The van der Waals surface area contributed by atoms with Gasteiger partial charge in [-0.3, -0.25) is 4.79 Å². The van der Waals surface area contributed by atoms with Crippen LogP contribution in [-0.2, 0) is 6.54 Å². The van der Waals surface area contributed by atoms with E-state index in [2.05, 4.69) is 25.9 Å². The number of halogens is 1. The standard InChI is InChI=1S/C27H32ClN5O/c1-19(22-10-6-3-7-11-22)32-26(34)24-18-31-27(30-17-21-12-14-23(28)15-13-21)33-25(24)29-16-20-8-4-2-5-9-20/h3,6-7,10-15,18-20H,2,4-5,8-9,16-17H2,1H3,(H,32,34)(H2,29,30,31,33). The molecular weight excluding hydrogens is 446 g/mol. The summed E-state index contributed by atoms with van der Waals surface area (Å²) >= 11 is 5.98. The fourth-order valence-electron chi connectivity index (χ4n) is 4.28. The Morgan fingerprint density at radius 1 is 1.03 bits per heavy atom. The first-order valence-corrected chi connectivity index (χ1v) is 12.4. The van der Waals surface area contributed by atoms with E-state index in [1.165, 1.54) is 32.1 Å². The van der Waals surface area contributed by atoms with Gasteiger partial charge < -0.3 is 16.0 Å². The van der Waals surface area contributed by atoms with Gasteiger partial charge in [0.15, 0.2) is 0 Å². The molecule has 1 amide bonds. The van der Waals surface area contributed by atoms with Gasteiger partial charge in [0.05, 0.1) is 6.04 Å². The first-order valence-electron chi connectivity index (χ1n) is 12.0. The number of hydrogen-bond acceptors (Lipinski definition) is 5. The zero-order valence-electron chi connectivity index (χ0n) is 19.6. The van der Waals surface area contributed by atoms with Crippen molar-refractivity contribution in [1.29, 1.82) is 0 Å². The fraction of sp³-hybridized carbons (Fsp3) is 0.370. The predicted molar refractivity (Wildman–Crippen MR) is 138 cm³/mol. The van der Waals surface area contributed by atoms with Gasteiger partial charge in [0.2, 0.25) is 5.95 Å². The number of rotatable bonds is 9. The zero-order valence-corrected chi connectivity index (χ0v) is 20.3. The average molecular weight is 478 g/mol. The van der Waals surface area contributed by atoms with Crippen LogP contribution in [0.25, 0.3) is 0 Å². The summed E-state index contributed by atoms with van der Waals surface area (Å²) in [6.45, 7) is 3.35. The third-order valence-corrected chi connectivity index (χ3v) is 6.58. The Labute approximate surface area is 206 Å². The molecule has 0 radical (unpaired) electrons. The lowest BCUT2D eigenvalue weighted by atomic mass is 9.89. The van der Waals surface area contributed by atoms with Crippen molar-refractivity contribution in [1.82, 2.24) is 15.3 Å². The Morgan fingerprint density at radius 3 is 2.50 bits per heavy atom. The summed E-state index contributed by atoms with van der Waals surface area (Å²) in [7, 11) is 0. The van der Waals surface area contributed by atoms with E-state index in [1.54, 1.807) is 6.20 Å². The van der Waals surface area contributed by atoms with Crippen LogP contribution in [-0.4, -0.2) is 22.4 Å². The van der Waals surface area contributed by atoms with Gasteiger partial charge in [0.25, 0.3) is 5.91 Å². The maximum Gasteiger partial charge on any atom is 0.257 e. The van der Waals surface area contributed by atoms with Crippen molar-refractivity contribution in [3.63, 3.8) is 0 Å². The fourth-order valence-corrected chi connectivity index (χ4v) is 4.41. The monoisotopic (exact) mass is 477 g/mol. The SMILES string of the molecule is CC(NC(=O)c1cnc(NCc2ccc(Cl)cc2)nc1NCC1CCCCC1)c1ccccc1. The maximum absolute atomic E-state index is 13.2. The van der Waals surface area contributed by atoms with E-state index in [4.69, 9.17) is 11.6 Å². The number of amides is 1. The van der Waals surface area contributed by atoms with Gasteiger partial charge in [-0.15, -0.1) is 0 Å². The van der Waals surface area contributed by atoms with E-state index >= 15 is 0 Å². The summed E-state index contributed by atoms with van der Waals surface area (Å²) in [5.74, 6) is 1.46. The van der Waals surface area contributed by atoms with Crippen LogP contribution in [0.5, 0.6) is 0 Å². The number of carbonyl (C=O) groups excluding carboxylic acids is 1. The van der Waals surface area contributed by atoms with Crippen molar-refractivity contribution >= 4 is 29.3 Å². The molecule has 7 heteroatoms. The van der Waals surface area contributed by atoms with Gasteiger partial charge in [-0.25, -0.2) is 4.98 Å². The minimum absolute atomic E-state index is 0.123. The van der Waals surface area contributed by atoms with E-state index in [9.17, 15) is 4.79 Å². The first kappa shape index (κ1) is 24.0. The summed E-state index contributed by atoms with van der Waals surface area (Å²) in [6.07, 6.45) is 7.89. The molecule has 0 saturated heterocycles. The molecule has 178 valence electrons. The van der Waals surface area contributed by atoms with Gasteiger partial charge in [-0.2, -0.15) is 4.98 Å². The Kier molecular flexibility index (Phi) is 8.36. The minimum atomic E-state index is -0.188. The molecule has 0 bridgehead atoms. The van der Waals surface area contributed by atoms with E-state index < -0.39 is 0 Å². The molecule has 4 rings (SSSR count). The van der Waals surface area contributed by atoms with Crippen LogP contribution in [0, 0.1) is 5.92 Å². The molecule has 1 aromatic heterocycles. The maximum atomic E-state index is 13.2. The Bertz CT molecular complexity index is 1070. The zero-order chi connectivity index (χ0) is 23.8. The quantitative estimate of drug-likeness (QED) is 0.340. The van der Waals surface area contributed by atoms with Crippen LogP contribution >= 0.6 is 11.6 Å². The molecule has 1 aliphatic carbocycles. The smallest absolute Gasteiger partial charge is 0.257 e. The number of carbonyl (C=O) groups is 1. The van der Waals surface area contributed by atoms with Crippen molar-refractivity contribution < 1.29 is 4.79 Å². The van der Waals surface area contributed by atoms with Gasteiger partial charge in [0, 0.05) is 24.3 Å². The molecule has 1 aliphatic rings. The van der Waals surface area contributed by atoms with Crippen LogP contribution in [0.1, 0.15) is 66.6 Å². The molecule has 3 aromatic rings. The highest BCUT2D eigenvalue weighted by Crippen LogP contribution is 2.25. The van der Waals surface area contributed by atoms with Crippen molar-refractivity contribution in [3.8, 4) is 0 Å². The third-order valence-electron chi connectivity index (χ3n) is 6.33. The first-order chi connectivity index (χ1) is 16.6. The molecule has 0 aliphatic heterocycles. The van der Waals surface area contributed by atoms with Crippen molar-refractivity contribution in [2.24, 2.45) is 5.92 Å². The van der Waals surface area contributed by atoms with Crippen LogP contribution in [0.4, 0.5) is 11.8 Å². The number of anilines is 2. The number of aromatic nitrogens is 2. The van der Waals surface area contributed by atoms with E-state index in [1.807, 2.05) is 61.5 Å². The lowest BCUT2D eigenvalue weighted by Crippen LogP contribution is -2.28. The largest absolute Gasteiger partial charge is 0.369 e. The number of nitrogens with one attached hydrogen (secondary N) is 3. The Morgan fingerprint density at radius 2 is 1.76 bits per heavy atom. The third kappa shape index (κ3) is 6.70.